The standard InChI is InChI=1S/C17H29N5S.HI/c1-2-18-17(20-13-16-8-5-11-23-16)19-12-14-9-10-22(21-14)15-6-3-4-7-15;/h9-10,15-16H,2-8,11-13H2,1H3,(H2,18,19,20);1H. The van der Waals surface area contributed by atoms with E-state index in [-0.39, 0.29) is 24.0 Å². The maximum absolute atomic E-state index is 4.71. The van der Waals surface area contributed by atoms with Gasteiger partial charge in [-0.15, -0.1) is 24.0 Å². The average molecular weight is 463 g/mol. The number of nitrogens with one attached hydrogen (secondary N) is 2. The summed E-state index contributed by atoms with van der Waals surface area (Å²) in [6, 6.07) is 2.72. The third-order valence-corrected chi connectivity index (χ3v) is 6.03. The number of hydrogen-bond donors (Lipinski definition) is 2. The smallest absolute Gasteiger partial charge is 0.191 e. The highest BCUT2D eigenvalue weighted by Gasteiger charge is 2.18. The first kappa shape index (κ1) is 19.9. The third-order valence-electron chi connectivity index (χ3n) is 4.63. The van der Waals surface area contributed by atoms with Gasteiger partial charge in [0.25, 0.3) is 0 Å². The number of guanidine groups is 1. The van der Waals surface area contributed by atoms with E-state index in [9.17, 15) is 0 Å². The van der Waals surface area contributed by atoms with Crippen molar-refractivity contribution in [2.24, 2.45) is 4.99 Å². The molecule has 5 nitrogen and oxygen atoms in total. The zero-order valence-corrected chi connectivity index (χ0v) is 17.7. The van der Waals surface area contributed by atoms with E-state index in [0.717, 1.165) is 30.0 Å². The molecule has 1 saturated carbocycles. The van der Waals surface area contributed by atoms with E-state index in [2.05, 4.69) is 46.3 Å². The molecule has 1 saturated heterocycles. The molecular formula is C17H30IN5S. The SMILES string of the molecule is CCNC(=NCc1ccn(C2CCCC2)n1)NCC1CCCS1.I. The number of halogens is 1. The highest BCUT2D eigenvalue weighted by atomic mass is 127. The van der Waals surface area contributed by atoms with Crippen LogP contribution in [-0.2, 0) is 6.54 Å². The molecule has 1 aromatic rings. The number of thioether (sulfide) groups is 1. The van der Waals surface area contributed by atoms with E-state index >= 15 is 0 Å². The second kappa shape index (κ2) is 10.5. The van der Waals surface area contributed by atoms with E-state index in [1.165, 1.54) is 44.3 Å². The number of nitrogens with zero attached hydrogens (tertiary/aromatic N) is 3. The Kier molecular flexibility index (Phi) is 8.72. The predicted molar refractivity (Wildman–Crippen MR) is 113 cm³/mol. The minimum Gasteiger partial charge on any atom is -0.357 e. The topological polar surface area (TPSA) is 54.2 Å². The number of aliphatic imine (C=N–C) groups is 1. The minimum absolute atomic E-state index is 0. The van der Waals surface area contributed by atoms with Crippen molar-refractivity contribution in [3.8, 4) is 0 Å². The van der Waals surface area contributed by atoms with E-state index in [1.54, 1.807) is 0 Å². The van der Waals surface area contributed by atoms with E-state index in [1.807, 2.05) is 0 Å². The Morgan fingerprint density at radius 2 is 2.12 bits per heavy atom. The molecule has 7 heteroatoms. The molecule has 0 spiro atoms. The van der Waals surface area contributed by atoms with Gasteiger partial charge in [0.15, 0.2) is 5.96 Å². The van der Waals surface area contributed by atoms with Crippen LogP contribution < -0.4 is 10.6 Å². The molecule has 1 aliphatic heterocycles. The zero-order chi connectivity index (χ0) is 15.9. The van der Waals surface area contributed by atoms with E-state index < -0.39 is 0 Å². The lowest BCUT2D eigenvalue weighted by Gasteiger charge is -2.14. The van der Waals surface area contributed by atoms with Gasteiger partial charge in [-0.2, -0.15) is 16.9 Å². The van der Waals surface area contributed by atoms with Crippen LogP contribution in [0.25, 0.3) is 0 Å². The Morgan fingerprint density at radius 1 is 1.29 bits per heavy atom. The van der Waals surface area contributed by atoms with Crippen LogP contribution in [0.1, 0.15) is 57.2 Å². The molecule has 0 amide bonds. The zero-order valence-electron chi connectivity index (χ0n) is 14.5. The van der Waals surface area contributed by atoms with Crippen LogP contribution in [0.5, 0.6) is 0 Å². The summed E-state index contributed by atoms with van der Waals surface area (Å²) < 4.78 is 2.15. The van der Waals surface area contributed by atoms with Crippen molar-refractivity contribution in [3.05, 3.63) is 18.0 Å². The lowest BCUT2D eigenvalue weighted by molar-refractivity contribution is 0.463. The molecule has 136 valence electrons. The highest BCUT2D eigenvalue weighted by molar-refractivity contribution is 14.0. The van der Waals surface area contributed by atoms with Crippen molar-refractivity contribution in [1.29, 1.82) is 0 Å². The second-order valence-electron chi connectivity index (χ2n) is 6.44. The van der Waals surface area contributed by atoms with Crippen molar-refractivity contribution in [2.45, 2.75) is 63.3 Å². The van der Waals surface area contributed by atoms with Crippen LogP contribution in [0.15, 0.2) is 17.3 Å². The maximum Gasteiger partial charge on any atom is 0.191 e. The lowest BCUT2D eigenvalue weighted by Crippen LogP contribution is -2.40. The van der Waals surface area contributed by atoms with Gasteiger partial charge in [-0.3, -0.25) is 4.68 Å². The normalized spacial score (nSPS) is 21.7. The summed E-state index contributed by atoms with van der Waals surface area (Å²) in [4.78, 5) is 4.69. The molecule has 0 radical (unpaired) electrons. The first-order valence-corrected chi connectivity index (χ1v) is 10.1. The number of aromatic nitrogens is 2. The molecule has 0 aromatic carbocycles. The van der Waals surface area contributed by atoms with Crippen LogP contribution in [0.2, 0.25) is 0 Å². The first-order chi connectivity index (χ1) is 11.3. The Balaban J connectivity index is 0.00000208. The third kappa shape index (κ3) is 5.82. The number of hydrogen-bond acceptors (Lipinski definition) is 3. The molecule has 2 aliphatic rings. The van der Waals surface area contributed by atoms with Gasteiger partial charge in [0, 0.05) is 24.5 Å². The fourth-order valence-corrected chi connectivity index (χ4v) is 4.55. The van der Waals surface area contributed by atoms with Gasteiger partial charge < -0.3 is 10.6 Å². The van der Waals surface area contributed by atoms with E-state index in [4.69, 9.17) is 10.1 Å². The molecular weight excluding hydrogens is 433 g/mol. The van der Waals surface area contributed by atoms with Gasteiger partial charge in [0.2, 0.25) is 0 Å². The monoisotopic (exact) mass is 463 g/mol. The van der Waals surface area contributed by atoms with Crippen LogP contribution in [0.4, 0.5) is 0 Å². The summed E-state index contributed by atoms with van der Waals surface area (Å²) in [6.07, 6.45) is 10.0. The van der Waals surface area contributed by atoms with Crippen LogP contribution in [-0.4, -0.2) is 39.8 Å². The Morgan fingerprint density at radius 3 is 2.83 bits per heavy atom. The largest absolute Gasteiger partial charge is 0.357 e. The van der Waals surface area contributed by atoms with Gasteiger partial charge in [-0.05, 0) is 44.4 Å². The number of rotatable bonds is 6. The van der Waals surface area contributed by atoms with Crippen LogP contribution in [0, 0.1) is 0 Å². The van der Waals surface area contributed by atoms with Crippen molar-refractivity contribution in [1.82, 2.24) is 20.4 Å². The average Bonchev–Trinajstić information content (AvgIpc) is 3.32. The highest BCUT2D eigenvalue weighted by Crippen LogP contribution is 2.28. The summed E-state index contributed by atoms with van der Waals surface area (Å²) in [6.45, 7) is 4.65. The molecule has 1 unspecified atom stereocenters. The maximum atomic E-state index is 4.71. The van der Waals surface area contributed by atoms with Gasteiger partial charge in [0.05, 0.1) is 18.3 Å². The fourth-order valence-electron chi connectivity index (χ4n) is 3.35. The van der Waals surface area contributed by atoms with Crippen molar-refractivity contribution in [3.63, 3.8) is 0 Å². The Labute approximate surface area is 166 Å². The quantitative estimate of drug-likeness (QED) is 0.385. The molecule has 1 aliphatic carbocycles. The van der Waals surface area contributed by atoms with E-state index in [0.29, 0.717) is 12.6 Å². The molecule has 3 rings (SSSR count). The predicted octanol–water partition coefficient (Wildman–Crippen LogP) is 3.57. The summed E-state index contributed by atoms with van der Waals surface area (Å²) >= 11 is 2.07. The van der Waals surface area contributed by atoms with Crippen LogP contribution in [0.3, 0.4) is 0 Å². The fraction of sp³-hybridized carbons (Fsp3) is 0.765. The van der Waals surface area contributed by atoms with Crippen molar-refractivity contribution >= 4 is 41.7 Å². The molecule has 1 aromatic heterocycles. The second-order valence-corrected chi connectivity index (χ2v) is 7.84. The van der Waals surface area contributed by atoms with Gasteiger partial charge in [-0.1, -0.05) is 12.8 Å². The summed E-state index contributed by atoms with van der Waals surface area (Å²) in [5.74, 6) is 2.22. The molecule has 2 N–H and O–H groups in total. The summed E-state index contributed by atoms with van der Waals surface area (Å²) in [7, 11) is 0. The minimum atomic E-state index is 0. The van der Waals surface area contributed by atoms with Gasteiger partial charge in [0.1, 0.15) is 0 Å². The van der Waals surface area contributed by atoms with Crippen molar-refractivity contribution < 1.29 is 0 Å². The molecule has 24 heavy (non-hydrogen) atoms. The summed E-state index contributed by atoms with van der Waals surface area (Å²) in [5.41, 5.74) is 1.06. The van der Waals surface area contributed by atoms with Gasteiger partial charge in [-0.25, -0.2) is 4.99 Å². The van der Waals surface area contributed by atoms with Crippen molar-refractivity contribution in [2.75, 3.05) is 18.8 Å². The molecule has 0 bridgehead atoms. The lowest BCUT2D eigenvalue weighted by atomic mass is 10.2. The molecule has 2 heterocycles. The Hall–Kier alpha value is -0.440. The molecule has 2 fully saturated rings. The van der Waals surface area contributed by atoms with Crippen LogP contribution >= 0.6 is 35.7 Å². The summed E-state index contributed by atoms with van der Waals surface area (Å²) in [5, 5.41) is 12.3. The Bertz CT molecular complexity index is 507. The van der Waals surface area contributed by atoms with Gasteiger partial charge >= 0.3 is 0 Å². The molecule has 1 atom stereocenters. The first-order valence-electron chi connectivity index (χ1n) is 9.03.